The van der Waals surface area contributed by atoms with Crippen LogP contribution >= 0.6 is 11.8 Å². The molecule has 0 aliphatic carbocycles. The van der Waals surface area contributed by atoms with Gasteiger partial charge in [-0.05, 0) is 17.7 Å². The topological polar surface area (TPSA) is 21.6 Å². The Kier molecular flexibility index (Phi) is 3.43. The highest BCUT2D eigenvalue weighted by Crippen LogP contribution is 2.34. The summed E-state index contributed by atoms with van der Waals surface area (Å²) in [5.41, 5.74) is 2.86. The van der Waals surface area contributed by atoms with Gasteiger partial charge in [0.05, 0.1) is 11.6 Å². The van der Waals surface area contributed by atoms with E-state index in [1.165, 1.54) is 0 Å². The Morgan fingerprint density at radius 1 is 1.31 bits per heavy atom. The van der Waals surface area contributed by atoms with Crippen LogP contribution in [0.2, 0.25) is 0 Å². The fourth-order valence-corrected chi connectivity index (χ4v) is 2.37. The minimum absolute atomic E-state index is 0.116. The summed E-state index contributed by atoms with van der Waals surface area (Å²) < 4.78 is 28.2. The van der Waals surface area contributed by atoms with E-state index in [0.29, 0.717) is 5.25 Å². The van der Waals surface area contributed by atoms with Gasteiger partial charge in [-0.25, -0.2) is 0 Å². The number of alkyl halides is 2. The van der Waals surface area contributed by atoms with Gasteiger partial charge in [0.25, 0.3) is 0 Å². The van der Waals surface area contributed by atoms with Crippen LogP contribution in [-0.4, -0.2) is 17.4 Å². The first-order valence-electron chi connectivity index (χ1n) is 4.88. The van der Waals surface area contributed by atoms with E-state index in [0.717, 1.165) is 5.56 Å². The summed E-state index contributed by atoms with van der Waals surface area (Å²) in [6.45, 7) is -0.684. The molecule has 1 aliphatic rings. The van der Waals surface area contributed by atoms with Crippen molar-refractivity contribution in [2.45, 2.75) is 24.8 Å². The summed E-state index contributed by atoms with van der Waals surface area (Å²) in [5.74, 6) is 0.182. The van der Waals surface area contributed by atoms with Crippen molar-refractivity contribution >= 4 is 17.3 Å². The molecule has 0 aromatic heterocycles. The predicted octanol–water partition coefficient (Wildman–Crippen LogP) is 3.49. The van der Waals surface area contributed by atoms with Crippen molar-refractivity contribution in [1.82, 2.24) is 0 Å². The molecule has 5 heteroatoms. The Labute approximate surface area is 96.7 Å². The molecule has 1 aromatic carbocycles. The normalized spacial score (nSPS) is 24.0. The maximum atomic E-state index is 11.9. The third-order valence-corrected chi connectivity index (χ3v) is 3.32. The zero-order chi connectivity index (χ0) is 11.5. The highest BCUT2D eigenvalue weighted by molar-refractivity contribution is 8.12. The number of aliphatic imine (C=N–C) groups is 1. The van der Waals surface area contributed by atoms with E-state index in [1.54, 1.807) is 36.0 Å². The lowest BCUT2D eigenvalue weighted by atomic mass is 10.1. The number of hydrogen-bond donors (Lipinski definition) is 0. The van der Waals surface area contributed by atoms with Gasteiger partial charge in [0.1, 0.15) is 5.75 Å². The Morgan fingerprint density at radius 3 is 2.50 bits per heavy atom. The van der Waals surface area contributed by atoms with E-state index in [-0.39, 0.29) is 11.8 Å². The molecule has 2 atom stereocenters. The summed E-state index contributed by atoms with van der Waals surface area (Å²) in [5, 5.41) is 0.391. The lowest BCUT2D eigenvalue weighted by molar-refractivity contribution is -0.0498. The van der Waals surface area contributed by atoms with Crippen LogP contribution in [-0.2, 0) is 0 Å². The minimum Gasteiger partial charge on any atom is -0.435 e. The van der Waals surface area contributed by atoms with Crippen LogP contribution in [0.15, 0.2) is 29.3 Å². The second kappa shape index (κ2) is 4.82. The molecule has 16 heavy (non-hydrogen) atoms. The first kappa shape index (κ1) is 11.4. The maximum absolute atomic E-state index is 11.9. The maximum Gasteiger partial charge on any atom is 0.387 e. The van der Waals surface area contributed by atoms with Crippen molar-refractivity contribution in [1.29, 1.82) is 0 Å². The Morgan fingerprint density at radius 2 is 2.00 bits per heavy atom. The Bertz CT molecular complexity index is 380. The molecule has 1 aromatic rings. The van der Waals surface area contributed by atoms with Crippen molar-refractivity contribution in [3.63, 3.8) is 0 Å². The van der Waals surface area contributed by atoms with Crippen molar-refractivity contribution in [2.24, 2.45) is 4.99 Å². The molecule has 0 bridgehead atoms. The second-order valence-electron chi connectivity index (χ2n) is 3.49. The molecular weight excluding hydrogens is 232 g/mol. The number of rotatable bonds is 3. The average Bonchev–Trinajstić information content (AvgIpc) is 2.65. The molecule has 86 valence electrons. The smallest absolute Gasteiger partial charge is 0.387 e. The van der Waals surface area contributed by atoms with Crippen LogP contribution < -0.4 is 4.74 Å². The third kappa shape index (κ3) is 2.52. The van der Waals surface area contributed by atoms with Crippen molar-refractivity contribution < 1.29 is 13.5 Å². The van der Waals surface area contributed by atoms with Gasteiger partial charge in [0.2, 0.25) is 0 Å². The molecular formula is C11H11F2NOS. The van der Waals surface area contributed by atoms with E-state index < -0.39 is 6.61 Å². The van der Waals surface area contributed by atoms with E-state index in [2.05, 4.69) is 16.7 Å². The van der Waals surface area contributed by atoms with Crippen LogP contribution in [0.3, 0.4) is 0 Å². The van der Waals surface area contributed by atoms with Gasteiger partial charge >= 0.3 is 6.61 Å². The fraction of sp³-hybridized carbons (Fsp3) is 0.364. The van der Waals surface area contributed by atoms with Gasteiger partial charge in [-0.3, -0.25) is 4.99 Å². The molecule has 2 rings (SSSR count). The van der Waals surface area contributed by atoms with Gasteiger partial charge in [0, 0.05) is 5.25 Å². The number of thioether (sulfide) groups is 1. The summed E-state index contributed by atoms with van der Waals surface area (Å²) in [7, 11) is 0. The minimum atomic E-state index is -2.77. The molecule has 0 saturated carbocycles. The van der Waals surface area contributed by atoms with Crippen LogP contribution in [0.5, 0.6) is 5.75 Å². The predicted molar refractivity (Wildman–Crippen MR) is 61.4 cm³/mol. The highest BCUT2D eigenvalue weighted by Gasteiger charge is 2.22. The van der Waals surface area contributed by atoms with Gasteiger partial charge in [-0.1, -0.05) is 19.1 Å². The quantitative estimate of drug-likeness (QED) is 0.810. The first-order chi connectivity index (χ1) is 7.66. The van der Waals surface area contributed by atoms with E-state index in [1.807, 2.05) is 5.55 Å². The van der Waals surface area contributed by atoms with E-state index >= 15 is 0 Å². The highest BCUT2D eigenvalue weighted by atomic mass is 32.2. The molecule has 0 spiro atoms. The van der Waals surface area contributed by atoms with Gasteiger partial charge in [-0.15, -0.1) is 11.8 Å². The Balaban J connectivity index is 2.10. The molecule has 0 saturated heterocycles. The number of ether oxygens (including phenoxy) is 1. The SMILES string of the molecule is CC1SC=NC1c1ccc(OC(F)F)cc1. The van der Waals surface area contributed by atoms with Crippen LogP contribution in [0, 0.1) is 0 Å². The first-order valence-corrected chi connectivity index (χ1v) is 5.83. The third-order valence-electron chi connectivity index (χ3n) is 2.39. The number of benzene rings is 1. The summed E-state index contributed by atoms with van der Waals surface area (Å²) in [4.78, 5) is 4.33. The second-order valence-corrected chi connectivity index (χ2v) is 4.71. The van der Waals surface area contributed by atoms with Crippen molar-refractivity contribution in [3.8, 4) is 5.75 Å². The Hall–Kier alpha value is -1.10. The number of nitrogens with zero attached hydrogens (tertiary/aromatic N) is 1. The molecule has 0 N–H and O–H groups in total. The zero-order valence-corrected chi connectivity index (χ0v) is 9.45. The molecule has 0 radical (unpaired) electrons. The molecule has 0 fully saturated rings. The molecule has 1 aliphatic heterocycles. The van der Waals surface area contributed by atoms with Gasteiger partial charge < -0.3 is 4.74 Å². The van der Waals surface area contributed by atoms with E-state index in [4.69, 9.17) is 0 Å². The summed E-state index contributed by atoms with van der Waals surface area (Å²) in [6.07, 6.45) is 0. The lowest BCUT2D eigenvalue weighted by Crippen LogP contribution is -2.05. The fourth-order valence-electron chi connectivity index (χ4n) is 1.60. The molecule has 2 unspecified atom stereocenters. The van der Waals surface area contributed by atoms with Crippen LogP contribution in [0.4, 0.5) is 8.78 Å². The largest absolute Gasteiger partial charge is 0.435 e. The lowest BCUT2D eigenvalue weighted by Gasteiger charge is -2.13. The number of halogens is 2. The van der Waals surface area contributed by atoms with Crippen molar-refractivity contribution in [3.05, 3.63) is 29.8 Å². The zero-order valence-electron chi connectivity index (χ0n) is 8.64. The summed E-state index contributed by atoms with van der Waals surface area (Å²) >= 11 is 1.67. The van der Waals surface area contributed by atoms with Gasteiger partial charge in [0.15, 0.2) is 0 Å². The number of hydrogen-bond acceptors (Lipinski definition) is 3. The monoisotopic (exact) mass is 243 g/mol. The average molecular weight is 243 g/mol. The van der Waals surface area contributed by atoms with Gasteiger partial charge in [-0.2, -0.15) is 8.78 Å². The molecule has 0 amide bonds. The van der Waals surface area contributed by atoms with Crippen LogP contribution in [0.25, 0.3) is 0 Å². The standard InChI is InChI=1S/C11H11F2NOS/c1-7-10(14-6-16-7)8-2-4-9(5-3-8)15-11(12)13/h2-7,10-11H,1H3. The van der Waals surface area contributed by atoms with Crippen molar-refractivity contribution in [2.75, 3.05) is 0 Å². The molecule has 2 nitrogen and oxygen atoms in total. The van der Waals surface area contributed by atoms with E-state index in [9.17, 15) is 8.78 Å². The molecule has 1 heterocycles. The van der Waals surface area contributed by atoms with Crippen LogP contribution in [0.1, 0.15) is 18.5 Å². The summed E-state index contributed by atoms with van der Waals surface area (Å²) in [6, 6.07) is 6.77.